The number of nitrogens with zero attached hydrogens (tertiary/aromatic N) is 4. The van der Waals surface area contributed by atoms with E-state index in [9.17, 15) is 30.6 Å². The Kier molecular flexibility index (Phi) is 6.45. The van der Waals surface area contributed by atoms with Gasteiger partial charge in [0.25, 0.3) is 0 Å². The second kappa shape index (κ2) is 8.95. The number of hydrogen-bond donors (Lipinski definition) is 1. The Labute approximate surface area is 205 Å². The van der Waals surface area contributed by atoms with Crippen LogP contribution in [0.3, 0.4) is 0 Å². The minimum Gasteiger partial charge on any atom is -0.383 e. The molecule has 0 aliphatic heterocycles. The molecule has 4 rings (SSSR count). The van der Waals surface area contributed by atoms with Crippen LogP contribution in [0.1, 0.15) is 16.8 Å². The van der Waals surface area contributed by atoms with E-state index in [1.54, 1.807) is 30.3 Å². The van der Waals surface area contributed by atoms with Crippen molar-refractivity contribution >= 4 is 50.9 Å². The van der Waals surface area contributed by atoms with Gasteiger partial charge in [0.2, 0.25) is 5.16 Å². The topological polar surface area (TPSA) is 86.7 Å². The van der Waals surface area contributed by atoms with Crippen LogP contribution in [-0.2, 0) is 28.9 Å². The van der Waals surface area contributed by atoms with Crippen molar-refractivity contribution in [2.75, 3.05) is 5.73 Å². The van der Waals surface area contributed by atoms with E-state index >= 15 is 0 Å². The largest absolute Gasteiger partial charge is 0.434 e. The van der Waals surface area contributed by atoms with E-state index in [2.05, 4.69) is 15.1 Å². The molecule has 0 radical (unpaired) electrons. The zero-order valence-electron chi connectivity index (χ0n) is 17.0. The Morgan fingerprint density at radius 1 is 0.943 bits per heavy atom. The first-order valence-corrected chi connectivity index (χ1v) is 11.5. The Morgan fingerprint density at radius 3 is 2.09 bits per heavy atom. The van der Waals surface area contributed by atoms with Gasteiger partial charge in [-0.25, -0.2) is 9.67 Å². The zero-order valence-corrected chi connectivity index (χ0v) is 19.3. The number of nitrogens with two attached hydrogens (primary N) is 1. The molecule has 4 aromatic rings. The Hall–Kier alpha value is -2.90. The molecule has 6 nitrogen and oxygen atoms in total. The van der Waals surface area contributed by atoms with E-state index in [1.165, 1.54) is 0 Å². The van der Waals surface area contributed by atoms with Gasteiger partial charge in [-0.05, 0) is 17.7 Å². The molecule has 0 bridgehead atoms. The molecule has 2 N–H and O–H groups in total. The highest BCUT2D eigenvalue weighted by atomic mass is 35.5. The first-order valence-electron chi connectivity index (χ1n) is 9.39. The van der Waals surface area contributed by atoms with Crippen LogP contribution in [0.5, 0.6) is 0 Å². The summed E-state index contributed by atoms with van der Waals surface area (Å²) in [5.74, 6) is -0.840. The van der Waals surface area contributed by atoms with Gasteiger partial charge in [0.15, 0.2) is 11.3 Å². The fourth-order valence-corrected chi connectivity index (χ4v) is 4.84. The maximum atomic E-state index is 13.9. The Bertz CT molecular complexity index is 1430. The van der Waals surface area contributed by atoms with Gasteiger partial charge in [-0.1, -0.05) is 53.5 Å². The van der Waals surface area contributed by atoms with Crippen LogP contribution in [0.2, 0.25) is 10.0 Å². The van der Waals surface area contributed by atoms with E-state index in [1.807, 2.05) is 0 Å². The number of hydrogen-bond acceptors (Lipinski definition) is 5. The number of benzene rings is 2. The minimum absolute atomic E-state index is 0.170. The summed E-state index contributed by atoms with van der Waals surface area (Å²) in [7, 11) is -2.09. The predicted molar refractivity (Wildman–Crippen MR) is 118 cm³/mol. The highest BCUT2D eigenvalue weighted by Crippen LogP contribution is 2.41. The first kappa shape index (κ1) is 25.2. The third-order valence-electron chi connectivity index (χ3n) is 4.72. The van der Waals surface area contributed by atoms with Gasteiger partial charge in [0.05, 0.1) is 37.5 Å². The van der Waals surface area contributed by atoms with Crippen molar-refractivity contribution in [3.63, 3.8) is 0 Å². The molecule has 2 aromatic heterocycles. The number of aromatic nitrogens is 4. The Morgan fingerprint density at radius 2 is 1.54 bits per heavy atom. The number of fused-ring (bicyclic) bond motifs is 1. The predicted octanol–water partition coefficient (Wildman–Crippen LogP) is 6.05. The molecule has 1 unspecified atom stereocenters. The van der Waals surface area contributed by atoms with Crippen LogP contribution in [0, 0.1) is 0 Å². The summed E-state index contributed by atoms with van der Waals surface area (Å²) < 4.78 is 94.1. The fourth-order valence-electron chi connectivity index (χ4n) is 3.19. The van der Waals surface area contributed by atoms with Gasteiger partial charge in [0, 0.05) is 0 Å². The van der Waals surface area contributed by atoms with Gasteiger partial charge in [-0.2, -0.15) is 31.3 Å². The molecule has 2 heterocycles. The molecular weight excluding hydrogens is 543 g/mol. The van der Waals surface area contributed by atoms with Crippen LogP contribution < -0.4 is 5.73 Å². The summed E-state index contributed by atoms with van der Waals surface area (Å²) in [6.45, 7) is 0. The van der Waals surface area contributed by atoms with Crippen molar-refractivity contribution in [3.8, 4) is 5.69 Å². The number of halogens is 8. The monoisotopic (exact) mass is 553 g/mol. The number of nitrogen functional groups attached to an aromatic ring is 1. The van der Waals surface area contributed by atoms with E-state index in [0.29, 0.717) is 22.4 Å². The number of alkyl halides is 6. The smallest absolute Gasteiger partial charge is 0.383 e. The van der Waals surface area contributed by atoms with Crippen LogP contribution in [0.25, 0.3) is 16.7 Å². The van der Waals surface area contributed by atoms with Gasteiger partial charge in [-0.15, -0.1) is 5.10 Å². The average molecular weight is 554 g/mol. The molecule has 0 aliphatic rings. The van der Waals surface area contributed by atoms with Crippen LogP contribution >= 0.6 is 23.2 Å². The number of rotatable bonds is 4. The summed E-state index contributed by atoms with van der Waals surface area (Å²) in [6, 6.07) is 9.36. The quantitative estimate of drug-likeness (QED) is 0.245. The summed E-state index contributed by atoms with van der Waals surface area (Å²) in [6.07, 6.45) is -9.83. The third-order valence-corrected chi connectivity index (χ3v) is 6.48. The second-order valence-corrected chi connectivity index (χ2v) is 9.27. The van der Waals surface area contributed by atoms with E-state index in [-0.39, 0.29) is 5.75 Å². The normalized spacial score (nSPS) is 13.4. The highest BCUT2D eigenvalue weighted by molar-refractivity contribution is 7.84. The van der Waals surface area contributed by atoms with Crippen molar-refractivity contribution in [1.82, 2.24) is 19.7 Å². The van der Waals surface area contributed by atoms with Crippen molar-refractivity contribution in [2.45, 2.75) is 23.3 Å². The molecule has 0 aliphatic carbocycles. The van der Waals surface area contributed by atoms with Crippen LogP contribution in [-0.4, -0.2) is 24.0 Å². The van der Waals surface area contributed by atoms with Crippen molar-refractivity contribution < 1.29 is 30.6 Å². The minimum atomic E-state index is -5.05. The summed E-state index contributed by atoms with van der Waals surface area (Å²) >= 11 is 11.9. The van der Waals surface area contributed by atoms with Crippen LogP contribution in [0.4, 0.5) is 32.2 Å². The Balaban J connectivity index is 1.90. The highest BCUT2D eigenvalue weighted by Gasteiger charge is 2.39. The van der Waals surface area contributed by atoms with Gasteiger partial charge >= 0.3 is 12.4 Å². The molecule has 15 heteroatoms. The molecule has 2 aromatic carbocycles. The molecule has 0 fully saturated rings. The van der Waals surface area contributed by atoms with Gasteiger partial charge in [0.1, 0.15) is 11.5 Å². The number of anilines is 1. The van der Waals surface area contributed by atoms with Gasteiger partial charge < -0.3 is 5.73 Å². The summed E-state index contributed by atoms with van der Waals surface area (Å²) in [5, 5.41) is 1.34. The summed E-state index contributed by atoms with van der Waals surface area (Å²) in [5.41, 5.74) is 2.78. The van der Waals surface area contributed by atoms with Crippen molar-refractivity contribution in [3.05, 3.63) is 69.3 Å². The molecular formula is C20H11Cl2F6N5OS. The van der Waals surface area contributed by atoms with E-state index in [4.69, 9.17) is 28.9 Å². The molecule has 184 valence electrons. The molecule has 0 amide bonds. The maximum Gasteiger partial charge on any atom is 0.434 e. The van der Waals surface area contributed by atoms with E-state index in [0.717, 1.165) is 0 Å². The van der Waals surface area contributed by atoms with E-state index < -0.39 is 72.1 Å². The molecule has 1 atom stereocenters. The molecule has 0 spiro atoms. The lowest BCUT2D eigenvalue weighted by molar-refractivity contribution is -0.140. The summed E-state index contributed by atoms with van der Waals surface area (Å²) in [4.78, 5) is 7.32. The van der Waals surface area contributed by atoms with Crippen molar-refractivity contribution in [1.29, 1.82) is 0 Å². The third kappa shape index (κ3) is 4.93. The lowest BCUT2D eigenvalue weighted by atomic mass is 10.2. The molecule has 0 saturated heterocycles. The second-order valence-electron chi connectivity index (χ2n) is 7.11. The lowest BCUT2D eigenvalue weighted by Gasteiger charge is -2.13. The maximum absolute atomic E-state index is 13.9. The van der Waals surface area contributed by atoms with Crippen molar-refractivity contribution in [2.24, 2.45) is 0 Å². The lowest BCUT2D eigenvalue weighted by Crippen LogP contribution is -2.13. The molecule has 0 saturated carbocycles. The molecule has 35 heavy (non-hydrogen) atoms. The SMILES string of the molecule is Nc1c2c(C(F)(F)F)nc(S(=O)Cc3ccccc3)nc2nn1-c1c(Cl)cc(C(F)(F)F)cc1Cl. The zero-order chi connectivity index (χ0) is 25.7. The van der Waals surface area contributed by atoms with Gasteiger partial charge in [-0.3, -0.25) is 4.21 Å². The fraction of sp³-hybridized carbons (Fsp3) is 0.150. The average Bonchev–Trinajstić information content (AvgIpc) is 3.08. The standard InChI is InChI=1S/C20H11Cl2F6N5OS/c21-11-6-10(19(23,24)25)7-12(22)14(11)33-16(29)13-15(20(26,27)28)30-18(31-17(13)32-33)35(34)8-9-4-2-1-3-5-9/h1-7H,8,29H2. The first-order chi connectivity index (χ1) is 16.3. The van der Waals surface area contributed by atoms with Crippen LogP contribution in [0.15, 0.2) is 47.6 Å².